The van der Waals surface area contributed by atoms with Crippen LogP contribution in [0.1, 0.15) is 15.5 Å². The van der Waals surface area contributed by atoms with Gasteiger partial charge in [-0.1, -0.05) is 29.8 Å². The maximum Gasteiger partial charge on any atom is 0.268 e. The van der Waals surface area contributed by atoms with Crippen LogP contribution in [0.15, 0.2) is 52.6 Å². The number of amides is 1. The SMILES string of the molecule is O=C(c1cccs1)N1CCN(Cc2nc3cc(-c4ccc(Cl)cc4)sc3c(=O)[nH]2)CC1. The lowest BCUT2D eigenvalue weighted by atomic mass is 10.2. The lowest BCUT2D eigenvalue weighted by Crippen LogP contribution is -2.48. The molecule has 5 rings (SSSR count). The molecule has 0 aliphatic carbocycles. The van der Waals surface area contributed by atoms with Gasteiger partial charge in [-0.05, 0) is 35.2 Å². The molecule has 1 aromatic carbocycles. The Kier molecular flexibility index (Phi) is 5.62. The minimum absolute atomic E-state index is 0.0932. The molecule has 1 saturated heterocycles. The lowest BCUT2D eigenvalue weighted by molar-refractivity contribution is 0.0630. The van der Waals surface area contributed by atoms with Crippen LogP contribution in [0.2, 0.25) is 5.02 Å². The van der Waals surface area contributed by atoms with Gasteiger partial charge in [0, 0.05) is 36.1 Å². The predicted molar refractivity (Wildman–Crippen MR) is 126 cm³/mol. The number of H-pyrrole nitrogens is 1. The Balaban J connectivity index is 1.29. The van der Waals surface area contributed by atoms with Crippen LogP contribution < -0.4 is 5.56 Å². The molecule has 0 radical (unpaired) electrons. The maximum atomic E-state index is 12.6. The van der Waals surface area contributed by atoms with E-state index in [1.54, 1.807) is 0 Å². The van der Waals surface area contributed by atoms with Crippen LogP contribution in [0.4, 0.5) is 0 Å². The van der Waals surface area contributed by atoms with E-state index in [9.17, 15) is 9.59 Å². The zero-order valence-corrected chi connectivity index (χ0v) is 18.9. The van der Waals surface area contributed by atoms with Gasteiger partial charge in [-0.15, -0.1) is 22.7 Å². The van der Waals surface area contributed by atoms with Crippen molar-refractivity contribution in [3.05, 3.63) is 73.9 Å². The summed E-state index contributed by atoms with van der Waals surface area (Å²) >= 11 is 8.88. The quantitative estimate of drug-likeness (QED) is 0.482. The van der Waals surface area contributed by atoms with Crippen LogP contribution in [-0.4, -0.2) is 51.9 Å². The average molecular weight is 471 g/mol. The number of hydrogen-bond donors (Lipinski definition) is 1. The van der Waals surface area contributed by atoms with Crippen LogP contribution >= 0.6 is 34.3 Å². The summed E-state index contributed by atoms with van der Waals surface area (Å²) < 4.78 is 0.625. The van der Waals surface area contributed by atoms with E-state index < -0.39 is 0 Å². The molecule has 4 aromatic rings. The smallest absolute Gasteiger partial charge is 0.268 e. The summed E-state index contributed by atoms with van der Waals surface area (Å²) in [5, 5.41) is 2.60. The number of benzene rings is 1. The summed E-state index contributed by atoms with van der Waals surface area (Å²) in [6.45, 7) is 3.39. The van der Waals surface area contributed by atoms with Crippen molar-refractivity contribution in [2.45, 2.75) is 6.54 Å². The number of nitrogens with one attached hydrogen (secondary N) is 1. The molecule has 1 N–H and O–H groups in total. The molecule has 4 heterocycles. The van der Waals surface area contributed by atoms with Crippen molar-refractivity contribution in [1.82, 2.24) is 19.8 Å². The lowest BCUT2D eigenvalue weighted by Gasteiger charge is -2.34. The number of piperazine rings is 1. The van der Waals surface area contributed by atoms with Crippen LogP contribution in [0, 0.1) is 0 Å². The first kappa shape index (κ1) is 20.4. The Morgan fingerprint density at radius 1 is 1.13 bits per heavy atom. The van der Waals surface area contributed by atoms with Gasteiger partial charge in [-0.2, -0.15) is 0 Å². The van der Waals surface area contributed by atoms with E-state index in [-0.39, 0.29) is 11.5 Å². The molecule has 0 atom stereocenters. The molecule has 0 spiro atoms. The first-order valence-corrected chi connectivity index (χ1v) is 12.0. The summed E-state index contributed by atoms with van der Waals surface area (Å²) in [6, 6.07) is 13.3. The van der Waals surface area contributed by atoms with Crippen molar-refractivity contribution >= 4 is 50.4 Å². The highest BCUT2D eigenvalue weighted by molar-refractivity contribution is 7.22. The topological polar surface area (TPSA) is 69.3 Å². The van der Waals surface area contributed by atoms with E-state index in [0.717, 1.165) is 28.4 Å². The average Bonchev–Trinajstić information content (AvgIpc) is 3.45. The molecule has 3 aromatic heterocycles. The van der Waals surface area contributed by atoms with E-state index in [1.165, 1.54) is 22.7 Å². The van der Waals surface area contributed by atoms with Gasteiger partial charge in [-0.3, -0.25) is 14.5 Å². The zero-order chi connectivity index (χ0) is 21.4. The second-order valence-corrected chi connectivity index (χ2v) is 9.83. The molecular weight excluding hydrogens is 452 g/mol. The molecule has 0 bridgehead atoms. The summed E-state index contributed by atoms with van der Waals surface area (Å²) in [7, 11) is 0. The van der Waals surface area contributed by atoms with Crippen LogP contribution in [0.25, 0.3) is 20.7 Å². The normalized spacial score (nSPS) is 14.9. The van der Waals surface area contributed by atoms with Crippen molar-refractivity contribution < 1.29 is 4.79 Å². The third-order valence-corrected chi connectivity index (χ3v) is 7.61. The summed E-state index contributed by atoms with van der Waals surface area (Å²) in [6.07, 6.45) is 0. The second-order valence-electron chi connectivity index (χ2n) is 7.39. The van der Waals surface area contributed by atoms with Gasteiger partial charge >= 0.3 is 0 Å². The Morgan fingerprint density at radius 3 is 2.61 bits per heavy atom. The third-order valence-electron chi connectivity index (χ3n) is 5.33. The Hall–Kier alpha value is -2.52. The number of nitrogens with zero attached hydrogens (tertiary/aromatic N) is 3. The predicted octanol–water partition coefficient (Wildman–Crippen LogP) is 4.32. The molecule has 1 amide bonds. The number of hydrogen-bond acceptors (Lipinski definition) is 6. The fourth-order valence-electron chi connectivity index (χ4n) is 3.70. The molecule has 31 heavy (non-hydrogen) atoms. The van der Waals surface area contributed by atoms with Gasteiger partial charge in [0.15, 0.2) is 0 Å². The maximum absolute atomic E-state index is 12.6. The van der Waals surface area contributed by atoms with Crippen molar-refractivity contribution in [3.63, 3.8) is 0 Å². The van der Waals surface area contributed by atoms with Crippen LogP contribution in [-0.2, 0) is 6.54 Å². The van der Waals surface area contributed by atoms with Crippen LogP contribution in [0.5, 0.6) is 0 Å². The van der Waals surface area contributed by atoms with Gasteiger partial charge in [-0.25, -0.2) is 4.98 Å². The van der Waals surface area contributed by atoms with Crippen molar-refractivity contribution in [2.75, 3.05) is 26.2 Å². The number of aromatic amines is 1. The van der Waals surface area contributed by atoms with Gasteiger partial charge in [0.1, 0.15) is 10.5 Å². The largest absolute Gasteiger partial charge is 0.335 e. The Labute approximate surface area is 191 Å². The number of rotatable bonds is 4. The second kappa shape index (κ2) is 8.55. The number of carbonyl (C=O) groups excluding carboxylic acids is 1. The van der Waals surface area contributed by atoms with E-state index in [1.807, 2.05) is 52.7 Å². The number of aromatic nitrogens is 2. The fourth-order valence-corrected chi connectivity index (χ4v) is 5.51. The third kappa shape index (κ3) is 4.29. The van der Waals surface area contributed by atoms with Crippen LogP contribution in [0.3, 0.4) is 0 Å². The van der Waals surface area contributed by atoms with Crippen molar-refractivity contribution in [1.29, 1.82) is 0 Å². The van der Waals surface area contributed by atoms with Crippen molar-refractivity contribution in [3.8, 4) is 10.4 Å². The van der Waals surface area contributed by atoms with Gasteiger partial charge in [0.2, 0.25) is 0 Å². The first-order chi connectivity index (χ1) is 15.1. The number of halogens is 1. The summed E-state index contributed by atoms with van der Waals surface area (Å²) in [5.41, 5.74) is 1.61. The van der Waals surface area contributed by atoms with Gasteiger partial charge < -0.3 is 9.88 Å². The molecule has 9 heteroatoms. The van der Waals surface area contributed by atoms with E-state index in [0.29, 0.717) is 40.7 Å². The number of thiophene rings is 2. The van der Waals surface area contributed by atoms with E-state index in [4.69, 9.17) is 16.6 Å². The van der Waals surface area contributed by atoms with Gasteiger partial charge in [0.05, 0.1) is 16.9 Å². The molecule has 1 fully saturated rings. The molecule has 1 aliphatic heterocycles. The molecule has 158 valence electrons. The molecule has 1 aliphatic rings. The Bertz CT molecular complexity index is 1270. The molecule has 0 saturated carbocycles. The Morgan fingerprint density at radius 2 is 1.90 bits per heavy atom. The highest BCUT2D eigenvalue weighted by Crippen LogP contribution is 2.31. The number of fused-ring (bicyclic) bond motifs is 1. The minimum atomic E-state index is -0.114. The van der Waals surface area contributed by atoms with E-state index in [2.05, 4.69) is 9.88 Å². The highest BCUT2D eigenvalue weighted by Gasteiger charge is 2.23. The highest BCUT2D eigenvalue weighted by atomic mass is 35.5. The standard InChI is InChI=1S/C22H19ClN4O2S2/c23-15-5-3-14(4-6-15)18-12-16-20(31-18)21(28)25-19(24-16)13-26-7-9-27(10-8-26)22(29)17-2-1-11-30-17/h1-6,11-12H,7-10,13H2,(H,24,25,28). The molecule has 6 nitrogen and oxygen atoms in total. The van der Waals surface area contributed by atoms with E-state index >= 15 is 0 Å². The van der Waals surface area contributed by atoms with Gasteiger partial charge in [0.25, 0.3) is 11.5 Å². The summed E-state index contributed by atoms with van der Waals surface area (Å²) in [5.74, 6) is 0.742. The summed E-state index contributed by atoms with van der Waals surface area (Å²) in [4.78, 5) is 38.6. The molecule has 0 unspecified atom stereocenters. The first-order valence-electron chi connectivity index (χ1n) is 9.90. The minimum Gasteiger partial charge on any atom is -0.335 e. The van der Waals surface area contributed by atoms with Crippen molar-refractivity contribution in [2.24, 2.45) is 0 Å². The number of carbonyl (C=O) groups is 1. The zero-order valence-electron chi connectivity index (χ0n) is 16.5. The monoisotopic (exact) mass is 470 g/mol. The fraction of sp³-hybridized carbons (Fsp3) is 0.227. The molecular formula is C22H19ClN4O2S2.